The summed E-state index contributed by atoms with van der Waals surface area (Å²) in [5.41, 5.74) is 0. The lowest BCUT2D eigenvalue weighted by Crippen LogP contribution is -2.28. The minimum atomic E-state index is -0.778. The van der Waals surface area contributed by atoms with Crippen LogP contribution in [0, 0.1) is 0 Å². The summed E-state index contributed by atoms with van der Waals surface area (Å²) in [7, 11) is -0.778. The highest BCUT2D eigenvalue weighted by Crippen LogP contribution is 1.88. The molecule has 0 aliphatic carbocycles. The Morgan fingerprint density at radius 3 is 2.09 bits per heavy atom. The first-order valence-electron chi connectivity index (χ1n) is 4.54. The summed E-state index contributed by atoms with van der Waals surface area (Å²) in [6.07, 6.45) is 0. The van der Waals surface area contributed by atoms with Crippen molar-refractivity contribution in [2.75, 3.05) is 26.2 Å². The van der Waals surface area contributed by atoms with Crippen molar-refractivity contribution in [3.05, 3.63) is 0 Å². The van der Waals surface area contributed by atoms with E-state index in [2.05, 4.69) is 31.8 Å². The van der Waals surface area contributed by atoms with Crippen LogP contribution in [-0.2, 0) is 4.43 Å². The van der Waals surface area contributed by atoms with Gasteiger partial charge >= 0.3 is 0 Å². The molecule has 0 bridgehead atoms. The summed E-state index contributed by atoms with van der Waals surface area (Å²) in [5.74, 6) is 0. The SMILES string of the molecule is CCN(CC)CCO[SiH](C)C. The van der Waals surface area contributed by atoms with E-state index in [0.717, 1.165) is 26.2 Å². The van der Waals surface area contributed by atoms with E-state index in [1.807, 2.05) is 0 Å². The van der Waals surface area contributed by atoms with Crippen LogP contribution in [-0.4, -0.2) is 40.2 Å². The van der Waals surface area contributed by atoms with Gasteiger partial charge in [-0.05, 0) is 26.2 Å². The van der Waals surface area contributed by atoms with Crippen LogP contribution in [0.15, 0.2) is 0 Å². The van der Waals surface area contributed by atoms with Crippen molar-refractivity contribution in [2.24, 2.45) is 0 Å². The molecule has 0 saturated heterocycles. The number of hydrogen-bond donors (Lipinski definition) is 0. The minimum absolute atomic E-state index is 0.778. The van der Waals surface area contributed by atoms with Gasteiger partial charge in [0.15, 0.2) is 9.04 Å². The molecule has 0 fully saturated rings. The second-order valence-electron chi connectivity index (χ2n) is 2.95. The largest absolute Gasteiger partial charge is 0.419 e. The minimum Gasteiger partial charge on any atom is -0.419 e. The van der Waals surface area contributed by atoms with Gasteiger partial charge < -0.3 is 9.33 Å². The van der Waals surface area contributed by atoms with Gasteiger partial charge in [0.25, 0.3) is 0 Å². The molecule has 0 unspecified atom stereocenters. The molecule has 2 nitrogen and oxygen atoms in total. The standard InChI is InChI=1S/C8H21NOSi/c1-5-9(6-2)7-8-10-11(3)4/h11H,5-8H2,1-4H3. The molecular weight excluding hydrogens is 154 g/mol. The lowest BCUT2D eigenvalue weighted by molar-refractivity contribution is 0.225. The summed E-state index contributed by atoms with van der Waals surface area (Å²) in [6, 6.07) is 0. The van der Waals surface area contributed by atoms with Crippen molar-refractivity contribution in [1.82, 2.24) is 4.90 Å². The first-order valence-corrected chi connectivity index (χ1v) is 7.32. The predicted octanol–water partition coefficient (Wildman–Crippen LogP) is 1.33. The fourth-order valence-corrected chi connectivity index (χ4v) is 1.53. The molecule has 0 aromatic carbocycles. The van der Waals surface area contributed by atoms with Crippen LogP contribution < -0.4 is 0 Å². The second-order valence-corrected chi connectivity index (χ2v) is 5.38. The monoisotopic (exact) mass is 175 g/mol. The smallest absolute Gasteiger partial charge is 0.170 e. The fraction of sp³-hybridized carbons (Fsp3) is 1.00. The van der Waals surface area contributed by atoms with Gasteiger partial charge in [0.05, 0.1) is 0 Å². The Labute approximate surface area is 72.3 Å². The molecule has 68 valence electrons. The van der Waals surface area contributed by atoms with E-state index in [4.69, 9.17) is 4.43 Å². The van der Waals surface area contributed by atoms with Crippen LogP contribution in [0.2, 0.25) is 13.1 Å². The van der Waals surface area contributed by atoms with Crippen molar-refractivity contribution in [3.8, 4) is 0 Å². The summed E-state index contributed by atoms with van der Waals surface area (Å²) < 4.78 is 5.57. The average Bonchev–Trinajstić information content (AvgIpc) is 1.98. The highest BCUT2D eigenvalue weighted by atomic mass is 28.3. The van der Waals surface area contributed by atoms with Crippen LogP contribution in [0.3, 0.4) is 0 Å². The van der Waals surface area contributed by atoms with Gasteiger partial charge in [-0.2, -0.15) is 0 Å². The van der Waals surface area contributed by atoms with Gasteiger partial charge in [0, 0.05) is 13.2 Å². The third-order valence-electron chi connectivity index (χ3n) is 1.75. The van der Waals surface area contributed by atoms with Gasteiger partial charge in [-0.15, -0.1) is 0 Å². The zero-order valence-corrected chi connectivity index (χ0v) is 9.42. The number of hydrogen-bond acceptors (Lipinski definition) is 2. The van der Waals surface area contributed by atoms with E-state index in [1.54, 1.807) is 0 Å². The lowest BCUT2D eigenvalue weighted by Gasteiger charge is -2.18. The van der Waals surface area contributed by atoms with Gasteiger partial charge in [-0.25, -0.2) is 0 Å². The van der Waals surface area contributed by atoms with E-state index in [9.17, 15) is 0 Å². The molecule has 0 spiro atoms. The average molecular weight is 175 g/mol. The molecule has 0 heterocycles. The Kier molecular flexibility index (Phi) is 6.91. The zero-order chi connectivity index (χ0) is 8.69. The maximum Gasteiger partial charge on any atom is 0.170 e. The third kappa shape index (κ3) is 6.53. The zero-order valence-electron chi connectivity index (χ0n) is 8.26. The first kappa shape index (κ1) is 11.1. The molecule has 0 aromatic heterocycles. The van der Waals surface area contributed by atoms with Crippen molar-refractivity contribution >= 4 is 9.04 Å². The maximum atomic E-state index is 5.57. The van der Waals surface area contributed by atoms with Gasteiger partial charge in [-0.1, -0.05) is 13.8 Å². The Morgan fingerprint density at radius 2 is 1.73 bits per heavy atom. The molecule has 0 saturated carbocycles. The van der Waals surface area contributed by atoms with Gasteiger partial charge in [0.2, 0.25) is 0 Å². The molecule has 0 amide bonds. The van der Waals surface area contributed by atoms with E-state index >= 15 is 0 Å². The normalized spacial score (nSPS) is 11.5. The van der Waals surface area contributed by atoms with Crippen molar-refractivity contribution < 1.29 is 4.43 Å². The molecule has 11 heavy (non-hydrogen) atoms. The van der Waals surface area contributed by atoms with E-state index < -0.39 is 9.04 Å². The van der Waals surface area contributed by atoms with Crippen LogP contribution >= 0.6 is 0 Å². The highest BCUT2D eigenvalue weighted by molar-refractivity contribution is 6.48. The predicted molar refractivity (Wildman–Crippen MR) is 52.6 cm³/mol. The molecule has 0 N–H and O–H groups in total. The van der Waals surface area contributed by atoms with Crippen LogP contribution in [0.25, 0.3) is 0 Å². The van der Waals surface area contributed by atoms with Gasteiger partial charge in [0.1, 0.15) is 0 Å². The molecule has 0 radical (unpaired) electrons. The fourth-order valence-electron chi connectivity index (χ4n) is 0.957. The maximum absolute atomic E-state index is 5.57. The van der Waals surface area contributed by atoms with E-state index in [1.165, 1.54) is 0 Å². The Balaban J connectivity index is 3.21. The Hall–Kier alpha value is 0.137. The summed E-state index contributed by atoms with van der Waals surface area (Å²) >= 11 is 0. The number of rotatable bonds is 6. The molecule has 0 rings (SSSR count). The highest BCUT2D eigenvalue weighted by Gasteiger charge is 1.99. The molecule has 0 aromatic rings. The molecule has 0 atom stereocenters. The molecular formula is C8H21NOSi. The van der Waals surface area contributed by atoms with Crippen molar-refractivity contribution in [3.63, 3.8) is 0 Å². The Bertz CT molecular complexity index is 84.2. The van der Waals surface area contributed by atoms with E-state index in [-0.39, 0.29) is 0 Å². The lowest BCUT2D eigenvalue weighted by atomic mass is 10.5. The first-order chi connectivity index (χ1) is 5.20. The summed E-state index contributed by atoms with van der Waals surface area (Å²) in [6.45, 7) is 13.1. The van der Waals surface area contributed by atoms with E-state index in [0.29, 0.717) is 0 Å². The number of likely N-dealkylation sites (N-methyl/N-ethyl adjacent to an activating group) is 1. The van der Waals surface area contributed by atoms with Crippen molar-refractivity contribution in [2.45, 2.75) is 26.9 Å². The molecule has 3 heteroatoms. The number of nitrogens with zero attached hydrogens (tertiary/aromatic N) is 1. The Morgan fingerprint density at radius 1 is 1.18 bits per heavy atom. The van der Waals surface area contributed by atoms with Gasteiger partial charge in [-0.3, -0.25) is 0 Å². The quantitative estimate of drug-likeness (QED) is 0.565. The van der Waals surface area contributed by atoms with Crippen LogP contribution in [0.4, 0.5) is 0 Å². The topological polar surface area (TPSA) is 12.5 Å². The molecule has 0 aliphatic rings. The molecule has 0 aliphatic heterocycles. The summed E-state index contributed by atoms with van der Waals surface area (Å²) in [5, 5.41) is 0. The second kappa shape index (κ2) is 6.82. The summed E-state index contributed by atoms with van der Waals surface area (Å²) in [4.78, 5) is 2.39. The van der Waals surface area contributed by atoms with Crippen LogP contribution in [0.5, 0.6) is 0 Å². The van der Waals surface area contributed by atoms with Crippen molar-refractivity contribution in [1.29, 1.82) is 0 Å². The third-order valence-corrected chi connectivity index (χ3v) is 2.66. The van der Waals surface area contributed by atoms with Crippen LogP contribution in [0.1, 0.15) is 13.8 Å².